The Bertz CT molecular complexity index is 513. The molecule has 1 aromatic carbocycles. The van der Waals surface area contributed by atoms with E-state index in [1.165, 1.54) is 6.92 Å². The fourth-order valence-corrected chi connectivity index (χ4v) is 2.67. The van der Waals surface area contributed by atoms with E-state index in [4.69, 9.17) is 5.73 Å². The van der Waals surface area contributed by atoms with Crippen molar-refractivity contribution in [3.63, 3.8) is 0 Å². The summed E-state index contributed by atoms with van der Waals surface area (Å²) in [7, 11) is 0. The Labute approximate surface area is 125 Å². The molecule has 1 heterocycles. The smallest absolute Gasteiger partial charge is 0.238 e. The molecule has 2 rings (SSSR count). The van der Waals surface area contributed by atoms with Gasteiger partial charge in [0.15, 0.2) is 5.78 Å². The zero-order valence-corrected chi connectivity index (χ0v) is 12.6. The highest BCUT2D eigenvalue weighted by molar-refractivity contribution is 5.96. The number of carbonyl (C=O) groups is 2. The average molecular weight is 289 g/mol. The number of Topliss-reactive ketones (excluding diaryl/α,β-unsaturated/α-hetero) is 1. The van der Waals surface area contributed by atoms with Gasteiger partial charge in [0.25, 0.3) is 0 Å². The number of carbonyl (C=O) groups excluding carboxylic acids is 2. The van der Waals surface area contributed by atoms with Crippen LogP contribution in [-0.2, 0) is 4.79 Å². The van der Waals surface area contributed by atoms with Crippen molar-refractivity contribution in [1.29, 1.82) is 0 Å². The molecule has 0 aromatic heterocycles. The zero-order chi connectivity index (χ0) is 15.4. The normalized spacial score (nSPS) is 22.8. The van der Waals surface area contributed by atoms with Crippen molar-refractivity contribution in [1.82, 2.24) is 4.90 Å². The zero-order valence-electron chi connectivity index (χ0n) is 12.6. The molecule has 3 N–H and O–H groups in total. The lowest BCUT2D eigenvalue weighted by atomic mass is 9.99. The summed E-state index contributed by atoms with van der Waals surface area (Å²) in [4.78, 5) is 25.4. The van der Waals surface area contributed by atoms with Crippen molar-refractivity contribution in [2.24, 2.45) is 5.73 Å². The number of ketones is 1. The number of nitrogens with one attached hydrogen (secondary N) is 1. The predicted molar refractivity (Wildman–Crippen MR) is 83.3 cm³/mol. The lowest BCUT2D eigenvalue weighted by Gasteiger charge is -2.35. The minimum Gasteiger partial charge on any atom is -0.328 e. The maximum atomic E-state index is 12.1. The molecule has 0 aliphatic carbocycles. The van der Waals surface area contributed by atoms with Crippen molar-refractivity contribution in [3.05, 3.63) is 29.8 Å². The molecule has 1 saturated heterocycles. The molecule has 5 heteroatoms. The standard InChI is InChI=1S/C16H23N3O2/c1-11-9-14(17)7-8-19(11)10-16(21)18-15-5-3-13(4-6-15)12(2)20/h3-6,11,14H,7-10,17H2,1-2H3,(H,18,21). The molecule has 1 amide bonds. The van der Waals surface area contributed by atoms with Gasteiger partial charge in [0.05, 0.1) is 6.54 Å². The predicted octanol–water partition coefficient (Wildman–Crippen LogP) is 1.64. The Kier molecular flexibility index (Phi) is 5.09. The monoisotopic (exact) mass is 289 g/mol. The number of likely N-dealkylation sites (tertiary alicyclic amines) is 1. The van der Waals surface area contributed by atoms with Gasteiger partial charge < -0.3 is 11.1 Å². The van der Waals surface area contributed by atoms with Crippen LogP contribution >= 0.6 is 0 Å². The minimum absolute atomic E-state index is 0.0198. The summed E-state index contributed by atoms with van der Waals surface area (Å²) in [5.74, 6) is -0.0146. The van der Waals surface area contributed by atoms with E-state index in [0.717, 1.165) is 19.4 Å². The van der Waals surface area contributed by atoms with E-state index < -0.39 is 0 Å². The molecular weight excluding hydrogens is 266 g/mol. The van der Waals surface area contributed by atoms with E-state index in [2.05, 4.69) is 17.1 Å². The van der Waals surface area contributed by atoms with Crippen LogP contribution in [0.2, 0.25) is 0 Å². The molecule has 1 fully saturated rings. The van der Waals surface area contributed by atoms with E-state index in [-0.39, 0.29) is 17.7 Å². The molecular formula is C16H23N3O2. The van der Waals surface area contributed by atoms with E-state index >= 15 is 0 Å². The van der Waals surface area contributed by atoms with Crippen LogP contribution in [0.5, 0.6) is 0 Å². The van der Waals surface area contributed by atoms with E-state index in [0.29, 0.717) is 23.8 Å². The summed E-state index contributed by atoms with van der Waals surface area (Å²) >= 11 is 0. The highest BCUT2D eigenvalue weighted by atomic mass is 16.2. The van der Waals surface area contributed by atoms with E-state index in [1.807, 2.05) is 0 Å². The second kappa shape index (κ2) is 6.83. The molecule has 5 nitrogen and oxygen atoms in total. The molecule has 2 unspecified atom stereocenters. The molecule has 1 aliphatic rings. The number of nitrogens with two attached hydrogens (primary N) is 1. The van der Waals surface area contributed by atoms with Gasteiger partial charge in [-0.25, -0.2) is 0 Å². The van der Waals surface area contributed by atoms with Gasteiger partial charge in [0.1, 0.15) is 0 Å². The number of hydrogen-bond donors (Lipinski definition) is 2. The van der Waals surface area contributed by atoms with Crippen LogP contribution in [0.1, 0.15) is 37.0 Å². The van der Waals surface area contributed by atoms with Crippen molar-refractivity contribution in [3.8, 4) is 0 Å². The Hall–Kier alpha value is -1.72. The summed E-state index contributed by atoms with van der Waals surface area (Å²) in [6.07, 6.45) is 1.87. The molecule has 2 atom stereocenters. The Morgan fingerprint density at radius 2 is 2.00 bits per heavy atom. The summed E-state index contributed by atoms with van der Waals surface area (Å²) in [6.45, 7) is 4.87. The van der Waals surface area contributed by atoms with Gasteiger partial charge in [-0.15, -0.1) is 0 Å². The molecule has 0 bridgehead atoms. The largest absolute Gasteiger partial charge is 0.328 e. The Morgan fingerprint density at radius 3 is 2.57 bits per heavy atom. The summed E-state index contributed by atoms with van der Waals surface area (Å²) < 4.78 is 0. The lowest BCUT2D eigenvalue weighted by Crippen LogP contribution is -2.48. The van der Waals surface area contributed by atoms with Gasteiger partial charge >= 0.3 is 0 Å². The number of piperidine rings is 1. The Morgan fingerprint density at radius 1 is 1.33 bits per heavy atom. The number of nitrogens with zero attached hydrogens (tertiary/aromatic N) is 1. The second-order valence-electron chi connectivity index (χ2n) is 5.79. The molecule has 21 heavy (non-hydrogen) atoms. The number of benzene rings is 1. The number of hydrogen-bond acceptors (Lipinski definition) is 4. The summed E-state index contributed by atoms with van der Waals surface area (Å²) in [5.41, 5.74) is 7.28. The molecule has 114 valence electrons. The molecule has 0 saturated carbocycles. The number of rotatable bonds is 4. The topological polar surface area (TPSA) is 75.4 Å². The van der Waals surface area contributed by atoms with Crippen LogP contribution in [0, 0.1) is 0 Å². The van der Waals surface area contributed by atoms with Gasteiger partial charge in [0, 0.05) is 29.9 Å². The van der Waals surface area contributed by atoms with Crippen LogP contribution in [-0.4, -0.2) is 41.8 Å². The third-order valence-corrected chi connectivity index (χ3v) is 3.98. The fraction of sp³-hybridized carbons (Fsp3) is 0.500. The molecule has 0 radical (unpaired) electrons. The van der Waals surface area contributed by atoms with Gasteiger partial charge in [-0.1, -0.05) is 0 Å². The first-order valence-corrected chi connectivity index (χ1v) is 7.36. The van der Waals surface area contributed by atoms with Crippen LogP contribution in [0.4, 0.5) is 5.69 Å². The third kappa shape index (κ3) is 4.37. The first-order chi connectivity index (χ1) is 9.95. The van der Waals surface area contributed by atoms with E-state index in [9.17, 15) is 9.59 Å². The van der Waals surface area contributed by atoms with Gasteiger partial charge in [-0.3, -0.25) is 14.5 Å². The SMILES string of the molecule is CC(=O)c1ccc(NC(=O)CN2CCC(N)CC2C)cc1. The summed E-state index contributed by atoms with van der Waals surface area (Å²) in [5, 5.41) is 2.86. The number of amides is 1. The van der Waals surface area contributed by atoms with Crippen molar-refractivity contribution in [2.45, 2.75) is 38.8 Å². The van der Waals surface area contributed by atoms with Crippen molar-refractivity contribution < 1.29 is 9.59 Å². The minimum atomic E-state index is -0.0344. The van der Waals surface area contributed by atoms with Crippen molar-refractivity contribution >= 4 is 17.4 Å². The second-order valence-corrected chi connectivity index (χ2v) is 5.79. The van der Waals surface area contributed by atoms with Crippen LogP contribution in [0.3, 0.4) is 0 Å². The first-order valence-electron chi connectivity index (χ1n) is 7.36. The molecule has 1 aromatic rings. The van der Waals surface area contributed by atoms with E-state index in [1.54, 1.807) is 24.3 Å². The van der Waals surface area contributed by atoms with Crippen molar-refractivity contribution in [2.75, 3.05) is 18.4 Å². The number of anilines is 1. The highest BCUT2D eigenvalue weighted by Gasteiger charge is 2.24. The molecule has 0 spiro atoms. The maximum absolute atomic E-state index is 12.1. The van der Waals surface area contributed by atoms with Gasteiger partial charge in [0.2, 0.25) is 5.91 Å². The molecule has 1 aliphatic heterocycles. The van der Waals surface area contributed by atoms with Gasteiger partial charge in [-0.2, -0.15) is 0 Å². The lowest BCUT2D eigenvalue weighted by molar-refractivity contribution is -0.118. The quantitative estimate of drug-likeness (QED) is 0.826. The van der Waals surface area contributed by atoms with Crippen LogP contribution in [0.25, 0.3) is 0 Å². The fourth-order valence-electron chi connectivity index (χ4n) is 2.67. The maximum Gasteiger partial charge on any atom is 0.238 e. The highest BCUT2D eigenvalue weighted by Crippen LogP contribution is 2.16. The van der Waals surface area contributed by atoms with Crippen LogP contribution in [0.15, 0.2) is 24.3 Å². The van der Waals surface area contributed by atoms with Gasteiger partial charge in [-0.05, 0) is 51.0 Å². The Balaban J connectivity index is 1.88. The summed E-state index contributed by atoms with van der Waals surface area (Å²) in [6, 6.07) is 7.54. The first kappa shape index (κ1) is 15.7. The van der Waals surface area contributed by atoms with Crippen LogP contribution < -0.4 is 11.1 Å². The third-order valence-electron chi connectivity index (χ3n) is 3.98. The average Bonchev–Trinajstić information content (AvgIpc) is 2.42.